The summed E-state index contributed by atoms with van der Waals surface area (Å²) >= 11 is 0.928. The molecular weight excluding hydrogens is 244 g/mol. The Bertz CT molecular complexity index is 534. The number of rotatable bonds is 4. The van der Waals surface area contributed by atoms with Crippen molar-refractivity contribution in [3.63, 3.8) is 0 Å². The number of carbonyl (C=O) groups excluding carboxylic acids is 1. The van der Waals surface area contributed by atoms with Crippen molar-refractivity contribution < 1.29 is 14.7 Å². The van der Waals surface area contributed by atoms with E-state index in [9.17, 15) is 9.59 Å². The summed E-state index contributed by atoms with van der Waals surface area (Å²) in [6.07, 6.45) is 1.34. The van der Waals surface area contributed by atoms with Crippen molar-refractivity contribution in [1.82, 2.24) is 20.5 Å². The normalized spacial score (nSPS) is 10.1. The lowest BCUT2D eigenvalue weighted by molar-refractivity contribution is 0.0702. The zero-order valence-electron chi connectivity index (χ0n) is 8.51. The smallest absolute Gasteiger partial charge is 0.345 e. The fourth-order valence-electron chi connectivity index (χ4n) is 1.14. The van der Waals surface area contributed by atoms with Crippen LogP contribution in [0.25, 0.3) is 0 Å². The molecule has 7 nitrogen and oxygen atoms in total. The number of carboxylic acids is 1. The SMILES string of the molecule is O=C(O)c1ccc(C(=O)NCc2ncn[nH]2)s1. The Morgan fingerprint density at radius 1 is 1.41 bits per heavy atom. The van der Waals surface area contributed by atoms with Gasteiger partial charge in [-0.2, -0.15) is 5.10 Å². The van der Waals surface area contributed by atoms with Gasteiger partial charge in [0.05, 0.1) is 11.4 Å². The molecule has 0 aromatic carbocycles. The lowest BCUT2D eigenvalue weighted by Crippen LogP contribution is -2.22. The Balaban J connectivity index is 1.97. The number of H-pyrrole nitrogens is 1. The van der Waals surface area contributed by atoms with Crippen molar-refractivity contribution in [2.45, 2.75) is 6.54 Å². The predicted molar refractivity (Wildman–Crippen MR) is 58.8 cm³/mol. The van der Waals surface area contributed by atoms with Crippen LogP contribution in [-0.4, -0.2) is 32.2 Å². The van der Waals surface area contributed by atoms with Gasteiger partial charge in [-0.15, -0.1) is 11.3 Å². The van der Waals surface area contributed by atoms with Crippen molar-refractivity contribution >= 4 is 23.2 Å². The van der Waals surface area contributed by atoms with E-state index < -0.39 is 5.97 Å². The van der Waals surface area contributed by atoms with E-state index in [1.807, 2.05) is 0 Å². The number of amides is 1. The standard InChI is InChI=1S/C9H8N4O3S/c14-8(10-3-7-11-4-12-13-7)5-1-2-6(17-5)9(15)16/h1-2,4H,3H2,(H,10,14)(H,15,16)(H,11,12,13). The van der Waals surface area contributed by atoms with Gasteiger partial charge in [-0.25, -0.2) is 9.78 Å². The third-order valence-electron chi connectivity index (χ3n) is 1.92. The molecule has 2 heterocycles. The highest BCUT2D eigenvalue weighted by Crippen LogP contribution is 2.16. The molecule has 0 unspecified atom stereocenters. The quantitative estimate of drug-likeness (QED) is 0.734. The van der Waals surface area contributed by atoms with Gasteiger partial charge in [-0.3, -0.25) is 9.89 Å². The molecule has 3 N–H and O–H groups in total. The van der Waals surface area contributed by atoms with E-state index >= 15 is 0 Å². The maximum Gasteiger partial charge on any atom is 0.345 e. The fraction of sp³-hybridized carbons (Fsp3) is 0.111. The monoisotopic (exact) mass is 252 g/mol. The van der Waals surface area contributed by atoms with Gasteiger partial charge >= 0.3 is 5.97 Å². The third-order valence-corrected chi connectivity index (χ3v) is 2.99. The molecule has 88 valence electrons. The summed E-state index contributed by atoms with van der Waals surface area (Å²) in [7, 11) is 0. The third kappa shape index (κ3) is 2.67. The van der Waals surface area contributed by atoms with Gasteiger partial charge in [0.25, 0.3) is 5.91 Å². The average molecular weight is 252 g/mol. The minimum Gasteiger partial charge on any atom is -0.477 e. The molecule has 0 aliphatic rings. The van der Waals surface area contributed by atoms with Gasteiger partial charge < -0.3 is 10.4 Å². The second-order valence-corrected chi connectivity index (χ2v) is 4.17. The Kier molecular flexibility index (Phi) is 3.15. The van der Waals surface area contributed by atoms with Crippen molar-refractivity contribution in [1.29, 1.82) is 0 Å². The number of aromatic carboxylic acids is 1. The Morgan fingerprint density at radius 2 is 2.18 bits per heavy atom. The van der Waals surface area contributed by atoms with Crippen molar-refractivity contribution in [3.8, 4) is 0 Å². The van der Waals surface area contributed by atoms with E-state index in [2.05, 4.69) is 20.5 Å². The first-order valence-electron chi connectivity index (χ1n) is 4.62. The lowest BCUT2D eigenvalue weighted by Gasteiger charge is -1.99. The van der Waals surface area contributed by atoms with E-state index in [1.165, 1.54) is 18.5 Å². The molecule has 0 saturated heterocycles. The molecule has 0 aliphatic carbocycles. The maximum absolute atomic E-state index is 11.6. The van der Waals surface area contributed by atoms with Crippen molar-refractivity contribution in [2.24, 2.45) is 0 Å². The molecule has 0 atom stereocenters. The summed E-state index contributed by atoms with van der Waals surface area (Å²) in [5.74, 6) is -0.837. The molecule has 17 heavy (non-hydrogen) atoms. The number of carboxylic acid groups (broad SMARTS) is 1. The van der Waals surface area contributed by atoms with E-state index in [0.29, 0.717) is 10.7 Å². The summed E-state index contributed by atoms with van der Waals surface area (Å²) in [6.45, 7) is 0.221. The van der Waals surface area contributed by atoms with E-state index in [4.69, 9.17) is 5.11 Å². The summed E-state index contributed by atoms with van der Waals surface area (Å²) in [6, 6.07) is 2.88. The second-order valence-electron chi connectivity index (χ2n) is 3.08. The molecular formula is C9H8N4O3S. The number of hydrogen-bond acceptors (Lipinski definition) is 5. The molecule has 8 heteroatoms. The van der Waals surface area contributed by atoms with Gasteiger partial charge in [-0.1, -0.05) is 0 Å². The average Bonchev–Trinajstić information content (AvgIpc) is 2.96. The Hall–Kier alpha value is -2.22. The molecule has 0 aliphatic heterocycles. The van der Waals surface area contributed by atoms with Crippen LogP contribution in [0.4, 0.5) is 0 Å². The number of nitrogens with one attached hydrogen (secondary N) is 2. The van der Waals surface area contributed by atoms with E-state index in [0.717, 1.165) is 11.3 Å². The fourth-order valence-corrected chi connectivity index (χ4v) is 1.90. The number of aromatic nitrogens is 3. The second kappa shape index (κ2) is 4.74. The largest absolute Gasteiger partial charge is 0.477 e. The van der Waals surface area contributed by atoms with Crippen LogP contribution >= 0.6 is 11.3 Å². The van der Waals surface area contributed by atoms with Crippen LogP contribution in [0.15, 0.2) is 18.5 Å². The zero-order valence-corrected chi connectivity index (χ0v) is 9.32. The van der Waals surface area contributed by atoms with Crippen LogP contribution in [-0.2, 0) is 6.54 Å². The van der Waals surface area contributed by atoms with Gasteiger partial charge in [0, 0.05) is 0 Å². The summed E-state index contributed by atoms with van der Waals surface area (Å²) in [5, 5.41) is 17.6. The highest BCUT2D eigenvalue weighted by molar-refractivity contribution is 7.15. The highest BCUT2D eigenvalue weighted by Gasteiger charge is 2.12. The summed E-state index contributed by atoms with van der Waals surface area (Å²) < 4.78 is 0. The number of aromatic amines is 1. The summed E-state index contributed by atoms with van der Waals surface area (Å²) in [4.78, 5) is 26.6. The van der Waals surface area contributed by atoms with E-state index in [-0.39, 0.29) is 17.3 Å². The predicted octanol–water partition coefficient (Wildman–Crippen LogP) is 0.494. The minimum absolute atomic E-state index is 0.134. The number of carbonyl (C=O) groups is 2. The Morgan fingerprint density at radius 3 is 2.76 bits per heavy atom. The van der Waals surface area contributed by atoms with Crippen LogP contribution in [0.5, 0.6) is 0 Å². The molecule has 0 spiro atoms. The number of hydrogen-bond donors (Lipinski definition) is 3. The number of thiophene rings is 1. The van der Waals surface area contributed by atoms with Gasteiger partial charge in [0.2, 0.25) is 0 Å². The molecule has 2 aromatic rings. The van der Waals surface area contributed by atoms with Crippen LogP contribution in [0, 0.1) is 0 Å². The van der Waals surface area contributed by atoms with Crippen LogP contribution in [0.2, 0.25) is 0 Å². The first-order chi connectivity index (χ1) is 8.16. The zero-order chi connectivity index (χ0) is 12.3. The molecule has 1 amide bonds. The van der Waals surface area contributed by atoms with Crippen LogP contribution in [0.1, 0.15) is 25.2 Å². The lowest BCUT2D eigenvalue weighted by atomic mass is 10.4. The maximum atomic E-state index is 11.6. The molecule has 0 radical (unpaired) electrons. The van der Waals surface area contributed by atoms with E-state index in [1.54, 1.807) is 0 Å². The molecule has 0 bridgehead atoms. The minimum atomic E-state index is -1.04. The molecule has 2 aromatic heterocycles. The van der Waals surface area contributed by atoms with Gasteiger partial charge in [0.1, 0.15) is 17.0 Å². The van der Waals surface area contributed by atoms with Crippen molar-refractivity contribution in [3.05, 3.63) is 34.0 Å². The van der Waals surface area contributed by atoms with Crippen molar-refractivity contribution in [2.75, 3.05) is 0 Å². The molecule has 0 fully saturated rings. The van der Waals surface area contributed by atoms with Crippen LogP contribution < -0.4 is 5.32 Å². The topological polar surface area (TPSA) is 108 Å². The molecule has 2 rings (SSSR count). The van der Waals surface area contributed by atoms with Gasteiger partial charge in [0.15, 0.2) is 0 Å². The summed E-state index contributed by atoms with van der Waals surface area (Å²) in [5.41, 5.74) is 0. The number of nitrogens with zero attached hydrogens (tertiary/aromatic N) is 2. The Labute approximate surface area is 99.5 Å². The first kappa shape index (κ1) is 11.3. The van der Waals surface area contributed by atoms with Crippen LogP contribution in [0.3, 0.4) is 0 Å². The first-order valence-corrected chi connectivity index (χ1v) is 5.44. The highest BCUT2D eigenvalue weighted by atomic mass is 32.1. The molecule has 0 saturated carbocycles. The van der Waals surface area contributed by atoms with Gasteiger partial charge in [-0.05, 0) is 12.1 Å².